The summed E-state index contributed by atoms with van der Waals surface area (Å²) < 4.78 is 0. The summed E-state index contributed by atoms with van der Waals surface area (Å²) in [6.45, 7) is 20.4. The van der Waals surface area contributed by atoms with E-state index in [1.807, 2.05) is 0 Å². The zero-order valence-corrected chi connectivity index (χ0v) is 22.8. The lowest BCUT2D eigenvalue weighted by Gasteiger charge is -2.78. The molecule has 0 N–H and O–H groups in total. The minimum atomic E-state index is 0.329. The van der Waals surface area contributed by atoms with Gasteiger partial charge in [-0.25, -0.2) is 0 Å². The number of hydrogen-bond donors (Lipinski definition) is 0. The van der Waals surface area contributed by atoms with Crippen LogP contribution in [0.2, 0.25) is 0 Å². The van der Waals surface area contributed by atoms with E-state index in [1.54, 1.807) is 0 Å². The molecular formula is C31H53N. The molecule has 0 amide bonds. The number of allylic oxidation sites excluding steroid dienone is 1. The summed E-state index contributed by atoms with van der Waals surface area (Å²) in [5.74, 6) is 4.45. The number of nitrogens with zero attached hydrogens (tertiary/aromatic N) is 1. The molecule has 0 aromatic rings. The summed E-state index contributed by atoms with van der Waals surface area (Å²) in [5.41, 5.74) is 3.60. The van der Waals surface area contributed by atoms with Crippen LogP contribution in [0.4, 0.5) is 0 Å². The average Bonchev–Trinajstić information content (AvgIpc) is 3.12. The summed E-state index contributed by atoms with van der Waals surface area (Å²) in [4.78, 5) is 2.79. The third-order valence-electron chi connectivity index (χ3n) is 13.7. The molecule has 5 rings (SSSR count). The molecule has 1 heteroatoms. The summed E-state index contributed by atoms with van der Waals surface area (Å²) in [7, 11) is 4.93. The molecule has 0 bridgehead atoms. The van der Waals surface area contributed by atoms with Crippen molar-refractivity contribution < 1.29 is 0 Å². The Morgan fingerprint density at radius 1 is 0.781 bits per heavy atom. The summed E-state index contributed by atoms with van der Waals surface area (Å²) in [6, 6.07) is 0. The molecule has 32 heavy (non-hydrogen) atoms. The normalized spacial score (nSPS) is 54.3. The second kappa shape index (κ2) is 7.11. The molecule has 0 aliphatic heterocycles. The molecule has 9 atom stereocenters. The average molecular weight is 440 g/mol. The number of hydrogen-bond acceptors (Lipinski definition) is 1. The van der Waals surface area contributed by atoms with E-state index in [2.05, 4.69) is 67.1 Å². The molecule has 0 radical (unpaired) electrons. The highest BCUT2D eigenvalue weighted by molar-refractivity contribution is 5.27. The molecule has 1 nitrogen and oxygen atoms in total. The maximum absolute atomic E-state index is 4.50. The van der Waals surface area contributed by atoms with Gasteiger partial charge in [-0.1, -0.05) is 53.2 Å². The number of rotatable bonds is 2. The van der Waals surface area contributed by atoms with Gasteiger partial charge >= 0.3 is 0 Å². The van der Waals surface area contributed by atoms with E-state index in [9.17, 15) is 0 Å². The van der Waals surface area contributed by atoms with Crippen molar-refractivity contribution in [2.45, 2.75) is 118 Å². The first-order valence-electron chi connectivity index (χ1n) is 14.2. The van der Waals surface area contributed by atoms with Crippen LogP contribution in [-0.4, -0.2) is 24.5 Å². The Morgan fingerprint density at radius 3 is 2.16 bits per heavy atom. The fraction of sp³-hybridized carbons (Fsp3) is 0.935. The van der Waals surface area contributed by atoms with Crippen LogP contribution in [0, 0.1) is 51.2 Å². The molecule has 0 aromatic carbocycles. The molecule has 0 heterocycles. The van der Waals surface area contributed by atoms with Gasteiger partial charge in [0.1, 0.15) is 0 Å². The second-order valence-electron chi connectivity index (χ2n) is 14.9. The molecule has 0 saturated heterocycles. The zero-order chi connectivity index (χ0) is 23.3. The minimum absolute atomic E-state index is 0.329. The van der Waals surface area contributed by atoms with Gasteiger partial charge in [-0.15, -0.1) is 0 Å². The van der Waals surface area contributed by atoms with Crippen molar-refractivity contribution in [2.24, 2.45) is 51.2 Å². The lowest BCUT2D eigenvalue weighted by molar-refractivity contribution is -0.281. The van der Waals surface area contributed by atoms with Gasteiger partial charge in [0.15, 0.2) is 0 Å². The molecular weight excluding hydrogens is 386 g/mol. The summed E-state index contributed by atoms with van der Waals surface area (Å²) >= 11 is 0. The van der Waals surface area contributed by atoms with Crippen LogP contribution in [0.1, 0.15) is 112 Å². The van der Waals surface area contributed by atoms with Gasteiger partial charge in [-0.2, -0.15) is 0 Å². The molecule has 0 spiro atoms. The second-order valence-corrected chi connectivity index (χ2v) is 14.9. The Balaban J connectivity index is 1.64. The molecule has 0 unspecified atom stereocenters. The van der Waals surface area contributed by atoms with Crippen molar-refractivity contribution in [1.82, 2.24) is 4.90 Å². The standard InChI is InChI=1S/C31H53N/c1-21(2)23-12-11-22-13-18-28(5)24(26(22)23)14-20-31(32(8)9)29(6)17-10-16-27(3,4)25(29)15-19-30(28,31)7/h22-26H,1,10-20H2,2-9H3/t22-,23+,24-,25+,26-,28-,29+,30+,31+/m1/s1. The Kier molecular flexibility index (Phi) is 5.21. The third-order valence-corrected chi connectivity index (χ3v) is 13.7. The highest BCUT2D eigenvalue weighted by atomic mass is 15.2. The monoisotopic (exact) mass is 439 g/mol. The van der Waals surface area contributed by atoms with Crippen LogP contribution in [0.15, 0.2) is 12.2 Å². The van der Waals surface area contributed by atoms with E-state index in [0.717, 1.165) is 29.6 Å². The highest BCUT2D eigenvalue weighted by Crippen LogP contribution is 2.78. The topological polar surface area (TPSA) is 3.24 Å². The van der Waals surface area contributed by atoms with Crippen LogP contribution in [0.3, 0.4) is 0 Å². The first-order chi connectivity index (χ1) is 14.9. The molecule has 182 valence electrons. The van der Waals surface area contributed by atoms with E-state index >= 15 is 0 Å². The molecule has 5 fully saturated rings. The largest absolute Gasteiger partial charge is 0.303 e. The van der Waals surface area contributed by atoms with E-state index in [1.165, 1.54) is 76.2 Å². The van der Waals surface area contributed by atoms with Gasteiger partial charge < -0.3 is 4.90 Å². The minimum Gasteiger partial charge on any atom is -0.303 e. The van der Waals surface area contributed by atoms with E-state index in [4.69, 9.17) is 0 Å². The Bertz CT molecular complexity index is 779. The van der Waals surface area contributed by atoms with Crippen LogP contribution in [0.5, 0.6) is 0 Å². The van der Waals surface area contributed by atoms with E-state index in [-0.39, 0.29) is 0 Å². The molecule has 5 aliphatic rings. The maximum atomic E-state index is 4.50. The SMILES string of the molecule is C=C(C)[C@@H]1CC[C@@H]2CC[C@]3(C)[C@H](CC[C@@]4(N(C)C)[C@@]3(C)CC[C@H]3C(C)(C)CCC[C@@]34C)[C@H]21. The van der Waals surface area contributed by atoms with Crippen molar-refractivity contribution in [3.05, 3.63) is 12.2 Å². The first-order valence-corrected chi connectivity index (χ1v) is 14.2. The quantitative estimate of drug-likeness (QED) is 0.391. The van der Waals surface area contributed by atoms with Crippen LogP contribution in [-0.2, 0) is 0 Å². The smallest absolute Gasteiger partial charge is 0.0318 e. The summed E-state index contributed by atoms with van der Waals surface area (Å²) in [6.07, 6.45) is 15.9. The fourth-order valence-corrected chi connectivity index (χ4v) is 12.4. The Labute approximate surface area is 200 Å². The van der Waals surface area contributed by atoms with Gasteiger partial charge in [0.25, 0.3) is 0 Å². The summed E-state index contributed by atoms with van der Waals surface area (Å²) in [5, 5.41) is 0. The van der Waals surface area contributed by atoms with Gasteiger partial charge in [-0.3, -0.25) is 0 Å². The number of fused-ring (bicyclic) bond motifs is 7. The Morgan fingerprint density at radius 2 is 1.50 bits per heavy atom. The lowest BCUT2D eigenvalue weighted by Crippen LogP contribution is -2.78. The van der Waals surface area contributed by atoms with Gasteiger partial charge in [0, 0.05) is 5.54 Å². The fourth-order valence-electron chi connectivity index (χ4n) is 12.4. The molecule has 5 aliphatic carbocycles. The third kappa shape index (κ3) is 2.56. The van der Waals surface area contributed by atoms with Gasteiger partial charge in [0.05, 0.1) is 0 Å². The van der Waals surface area contributed by atoms with Crippen LogP contribution >= 0.6 is 0 Å². The molecule has 5 saturated carbocycles. The van der Waals surface area contributed by atoms with Crippen molar-refractivity contribution in [2.75, 3.05) is 14.1 Å². The van der Waals surface area contributed by atoms with Crippen molar-refractivity contribution >= 4 is 0 Å². The maximum Gasteiger partial charge on any atom is 0.0318 e. The van der Waals surface area contributed by atoms with Crippen LogP contribution in [0.25, 0.3) is 0 Å². The van der Waals surface area contributed by atoms with E-state index < -0.39 is 0 Å². The van der Waals surface area contributed by atoms with Crippen molar-refractivity contribution in [1.29, 1.82) is 0 Å². The first kappa shape index (κ1) is 23.4. The Hall–Kier alpha value is -0.300. The zero-order valence-electron chi connectivity index (χ0n) is 22.8. The highest BCUT2D eigenvalue weighted by Gasteiger charge is 2.75. The van der Waals surface area contributed by atoms with Gasteiger partial charge in [0.2, 0.25) is 0 Å². The molecule has 0 aromatic heterocycles. The van der Waals surface area contributed by atoms with Crippen LogP contribution < -0.4 is 0 Å². The predicted molar refractivity (Wildman–Crippen MR) is 138 cm³/mol. The lowest BCUT2D eigenvalue weighted by atomic mass is 9.30. The van der Waals surface area contributed by atoms with Crippen molar-refractivity contribution in [3.8, 4) is 0 Å². The van der Waals surface area contributed by atoms with Crippen molar-refractivity contribution in [3.63, 3.8) is 0 Å². The van der Waals surface area contributed by atoms with E-state index in [0.29, 0.717) is 27.2 Å². The predicted octanol–water partition coefficient (Wildman–Crippen LogP) is 8.35. The van der Waals surface area contributed by atoms with Gasteiger partial charge in [-0.05, 0) is 136 Å².